The Morgan fingerprint density at radius 1 is 1.25 bits per heavy atom. The van der Waals surface area contributed by atoms with Gasteiger partial charge in [-0.05, 0) is 58.7 Å². The molecule has 1 aliphatic rings. The van der Waals surface area contributed by atoms with Gasteiger partial charge in [-0.3, -0.25) is 4.79 Å². The van der Waals surface area contributed by atoms with E-state index in [-0.39, 0.29) is 17.9 Å². The highest BCUT2D eigenvalue weighted by atomic mass is 79.9. The van der Waals surface area contributed by atoms with Crippen molar-refractivity contribution in [3.8, 4) is 0 Å². The third-order valence-electron chi connectivity index (χ3n) is 4.13. The fourth-order valence-electron chi connectivity index (χ4n) is 2.90. The molecule has 1 aromatic heterocycles. The first-order valence-electron chi connectivity index (χ1n) is 7.62. The molecule has 7 heteroatoms. The molecule has 2 heterocycles. The van der Waals surface area contributed by atoms with Crippen LogP contribution in [0.4, 0.5) is 8.78 Å². The minimum absolute atomic E-state index is 0.0826. The third-order valence-corrected chi connectivity index (χ3v) is 4.60. The Balaban J connectivity index is 1.78. The van der Waals surface area contributed by atoms with Crippen molar-refractivity contribution in [1.82, 2.24) is 15.6 Å². The number of halogens is 3. The molecule has 2 unspecified atom stereocenters. The van der Waals surface area contributed by atoms with E-state index in [2.05, 4.69) is 31.5 Å². The van der Waals surface area contributed by atoms with Crippen LogP contribution >= 0.6 is 15.9 Å². The molecule has 0 saturated carbocycles. The first kappa shape index (κ1) is 17.0. The van der Waals surface area contributed by atoms with Gasteiger partial charge in [0, 0.05) is 29.2 Å². The van der Waals surface area contributed by atoms with Crippen LogP contribution in [-0.2, 0) is 0 Å². The highest BCUT2D eigenvalue weighted by molar-refractivity contribution is 9.10. The van der Waals surface area contributed by atoms with E-state index in [1.54, 1.807) is 24.4 Å². The number of piperidine rings is 1. The highest BCUT2D eigenvalue weighted by Gasteiger charge is 2.28. The van der Waals surface area contributed by atoms with Gasteiger partial charge in [-0.15, -0.1) is 0 Å². The smallest absolute Gasteiger partial charge is 0.270 e. The molecule has 0 radical (unpaired) electrons. The molecule has 0 spiro atoms. The molecule has 2 atom stereocenters. The summed E-state index contributed by atoms with van der Waals surface area (Å²) in [7, 11) is 0. The van der Waals surface area contributed by atoms with Crippen LogP contribution in [0.3, 0.4) is 0 Å². The monoisotopic (exact) mass is 395 g/mol. The molecule has 24 heavy (non-hydrogen) atoms. The number of rotatable bonds is 3. The minimum atomic E-state index is -0.870. The van der Waals surface area contributed by atoms with Crippen LogP contribution in [0.5, 0.6) is 0 Å². The lowest BCUT2D eigenvalue weighted by Gasteiger charge is -2.33. The van der Waals surface area contributed by atoms with E-state index in [1.807, 2.05) is 0 Å². The molecule has 2 N–H and O–H groups in total. The Hall–Kier alpha value is -1.86. The quantitative estimate of drug-likeness (QED) is 0.839. The zero-order valence-corrected chi connectivity index (χ0v) is 14.3. The topological polar surface area (TPSA) is 54.0 Å². The fourth-order valence-corrected chi connectivity index (χ4v) is 3.14. The third kappa shape index (κ3) is 3.79. The van der Waals surface area contributed by atoms with Crippen molar-refractivity contribution in [3.63, 3.8) is 0 Å². The van der Waals surface area contributed by atoms with Crippen molar-refractivity contribution >= 4 is 21.8 Å². The first-order valence-corrected chi connectivity index (χ1v) is 8.42. The van der Waals surface area contributed by atoms with E-state index in [9.17, 15) is 13.6 Å². The highest BCUT2D eigenvalue weighted by Crippen LogP contribution is 2.27. The maximum absolute atomic E-state index is 13.5. The Kier molecular flexibility index (Phi) is 5.20. The molecule has 2 aromatic rings. The molecular weight excluding hydrogens is 380 g/mol. The number of hydrogen-bond acceptors (Lipinski definition) is 3. The van der Waals surface area contributed by atoms with Gasteiger partial charge in [0.1, 0.15) is 5.69 Å². The largest absolute Gasteiger partial charge is 0.346 e. The lowest BCUT2D eigenvalue weighted by molar-refractivity contribution is 0.0919. The van der Waals surface area contributed by atoms with Crippen molar-refractivity contribution < 1.29 is 13.6 Å². The van der Waals surface area contributed by atoms with Crippen LogP contribution < -0.4 is 10.6 Å². The molecule has 0 aliphatic carbocycles. The number of pyridine rings is 1. The summed E-state index contributed by atoms with van der Waals surface area (Å²) >= 11 is 3.28. The minimum Gasteiger partial charge on any atom is -0.346 e. The van der Waals surface area contributed by atoms with Gasteiger partial charge in [-0.2, -0.15) is 0 Å². The Morgan fingerprint density at radius 3 is 2.79 bits per heavy atom. The van der Waals surface area contributed by atoms with Crippen molar-refractivity contribution in [1.29, 1.82) is 0 Å². The molecular formula is C17H16BrF2N3O. The van der Waals surface area contributed by atoms with Gasteiger partial charge in [-0.1, -0.05) is 6.07 Å². The summed E-state index contributed by atoms with van der Waals surface area (Å²) in [4.78, 5) is 16.4. The number of carbonyl (C=O) groups excluding carboxylic acids is 1. The SMILES string of the molecule is O=C(NC1CNCCC1c1ccc(F)c(F)c1)c1ccc(Br)cn1. The summed E-state index contributed by atoms with van der Waals surface area (Å²) in [5.41, 5.74) is 0.997. The molecule has 0 bridgehead atoms. The van der Waals surface area contributed by atoms with Crippen molar-refractivity contribution in [2.24, 2.45) is 0 Å². The average molecular weight is 396 g/mol. The number of hydrogen-bond donors (Lipinski definition) is 2. The number of amides is 1. The van der Waals surface area contributed by atoms with Gasteiger partial charge < -0.3 is 10.6 Å². The fraction of sp³-hybridized carbons (Fsp3) is 0.294. The maximum Gasteiger partial charge on any atom is 0.270 e. The van der Waals surface area contributed by atoms with Crippen molar-refractivity contribution in [3.05, 3.63) is 63.9 Å². The second-order valence-corrected chi connectivity index (χ2v) is 6.63. The first-order chi connectivity index (χ1) is 11.5. The number of nitrogens with zero attached hydrogens (tertiary/aromatic N) is 1. The second kappa shape index (κ2) is 7.36. The molecule has 1 aliphatic heterocycles. The normalized spacial score (nSPS) is 20.6. The Bertz CT molecular complexity index is 739. The lowest BCUT2D eigenvalue weighted by Crippen LogP contribution is -2.50. The standard InChI is InChI=1S/C17H16BrF2N3O/c18-11-2-4-15(22-8-11)17(24)23-16-9-21-6-5-12(16)10-1-3-13(19)14(20)7-10/h1-4,7-8,12,16,21H,5-6,9H2,(H,23,24). The molecule has 1 amide bonds. The molecule has 1 saturated heterocycles. The number of carbonyl (C=O) groups is 1. The van der Waals surface area contributed by atoms with E-state index in [1.165, 1.54) is 6.07 Å². The summed E-state index contributed by atoms with van der Waals surface area (Å²) in [5, 5.41) is 6.16. The van der Waals surface area contributed by atoms with Crippen molar-refractivity contribution in [2.45, 2.75) is 18.4 Å². The summed E-state index contributed by atoms with van der Waals surface area (Å²) in [6.45, 7) is 1.32. The van der Waals surface area contributed by atoms with Crippen LogP contribution in [0.25, 0.3) is 0 Å². The number of aromatic nitrogens is 1. The van der Waals surface area contributed by atoms with Crippen LogP contribution in [0.1, 0.15) is 28.4 Å². The predicted octanol–water partition coefficient (Wildman–Crippen LogP) is 3.00. The van der Waals surface area contributed by atoms with Gasteiger partial charge in [-0.25, -0.2) is 13.8 Å². The van der Waals surface area contributed by atoms with Crippen LogP contribution in [-0.4, -0.2) is 30.0 Å². The zero-order chi connectivity index (χ0) is 17.1. The van der Waals surface area contributed by atoms with E-state index < -0.39 is 11.6 Å². The van der Waals surface area contributed by atoms with Gasteiger partial charge in [0.15, 0.2) is 11.6 Å². The van der Waals surface area contributed by atoms with Crippen LogP contribution in [0, 0.1) is 11.6 Å². The molecule has 1 fully saturated rings. The lowest BCUT2D eigenvalue weighted by atomic mass is 9.86. The van der Waals surface area contributed by atoms with Crippen LogP contribution in [0.2, 0.25) is 0 Å². The van der Waals surface area contributed by atoms with E-state index in [0.29, 0.717) is 17.8 Å². The molecule has 3 rings (SSSR count). The molecule has 126 valence electrons. The van der Waals surface area contributed by atoms with Gasteiger partial charge in [0.25, 0.3) is 5.91 Å². The summed E-state index contributed by atoms with van der Waals surface area (Å²) in [6, 6.07) is 7.06. The van der Waals surface area contributed by atoms with Crippen LogP contribution in [0.15, 0.2) is 41.0 Å². The maximum atomic E-state index is 13.5. The molecule has 4 nitrogen and oxygen atoms in total. The molecule has 1 aromatic carbocycles. The van der Waals surface area contributed by atoms with Crippen molar-refractivity contribution in [2.75, 3.05) is 13.1 Å². The predicted molar refractivity (Wildman–Crippen MR) is 89.8 cm³/mol. The average Bonchev–Trinajstić information content (AvgIpc) is 2.58. The van der Waals surface area contributed by atoms with E-state index in [0.717, 1.165) is 23.5 Å². The van der Waals surface area contributed by atoms with E-state index in [4.69, 9.17) is 0 Å². The second-order valence-electron chi connectivity index (χ2n) is 5.71. The summed E-state index contributed by atoms with van der Waals surface area (Å²) in [6.07, 6.45) is 2.28. The summed E-state index contributed by atoms with van der Waals surface area (Å²) < 4.78 is 27.5. The number of benzene rings is 1. The summed E-state index contributed by atoms with van der Waals surface area (Å²) in [5.74, 6) is -2.11. The number of nitrogens with one attached hydrogen (secondary N) is 2. The van der Waals surface area contributed by atoms with E-state index >= 15 is 0 Å². The van der Waals surface area contributed by atoms with Gasteiger partial charge in [0.2, 0.25) is 0 Å². The van der Waals surface area contributed by atoms with Gasteiger partial charge >= 0.3 is 0 Å². The Morgan fingerprint density at radius 2 is 2.08 bits per heavy atom. The Labute approximate surface area is 146 Å². The zero-order valence-electron chi connectivity index (χ0n) is 12.7. The van der Waals surface area contributed by atoms with Gasteiger partial charge in [0.05, 0.1) is 0 Å².